The lowest BCUT2D eigenvalue weighted by atomic mass is 10.1. The minimum Gasteiger partial charge on any atom is -0.494 e. The minimum absolute atomic E-state index is 0.0428. The highest BCUT2D eigenvalue weighted by atomic mass is 32.2. The molecule has 0 atom stereocenters. The van der Waals surface area contributed by atoms with E-state index in [0.717, 1.165) is 19.1 Å². The van der Waals surface area contributed by atoms with Gasteiger partial charge in [-0.25, -0.2) is 21.1 Å². The second-order valence-corrected chi connectivity index (χ2v) is 10.5. The Balaban J connectivity index is 1.47. The highest BCUT2D eigenvalue weighted by Gasteiger charge is 2.54. The Morgan fingerprint density at radius 2 is 1.87 bits per heavy atom. The van der Waals surface area contributed by atoms with Gasteiger partial charge in [-0.2, -0.15) is 0 Å². The summed E-state index contributed by atoms with van der Waals surface area (Å²) in [4.78, 5) is 0.253. The molecule has 1 aromatic carbocycles. The number of nitrogens with zero attached hydrogens (tertiary/aromatic N) is 1. The molecule has 2 aliphatic rings. The third kappa shape index (κ3) is 3.87. The van der Waals surface area contributed by atoms with Crippen LogP contribution in [0.5, 0.6) is 5.75 Å². The van der Waals surface area contributed by atoms with Crippen molar-refractivity contribution in [3.63, 3.8) is 0 Å². The van der Waals surface area contributed by atoms with Crippen molar-refractivity contribution >= 4 is 19.9 Å². The first kappa shape index (κ1) is 16.7. The molecule has 0 bridgehead atoms. The molecule has 0 radical (unpaired) electrons. The fourth-order valence-electron chi connectivity index (χ4n) is 2.91. The van der Waals surface area contributed by atoms with Gasteiger partial charge in [-0.05, 0) is 48.9 Å². The Labute approximate surface area is 137 Å². The molecule has 3 rings (SSSR count). The van der Waals surface area contributed by atoms with Gasteiger partial charge in [0, 0.05) is 19.3 Å². The zero-order chi connectivity index (χ0) is 16.7. The summed E-state index contributed by atoms with van der Waals surface area (Å²) in [7, 11) is -6.29. The van der Waals surface area contributed by atoms with Crippen LogP contribution in [0, 0.1) is 5.41 Å². The van der Waals surface area contributed by atoms with Crippen LogP contribution in [0.25, 0.3) is 0 Å². The van der Waals surface area contributed by atoms with E-state index in [1.807, 2.05) is 0 Å². The van der Waals surface area contributed by atoms with Gasteiger partial charge >= 0.3 is 0 Å². The third-order valence-electron chi connectivity index (χ3n) is 4.42. The zero-order valence-electron chi connectivity index (χ0n) is 13.1. The van der Waals surface area contributed by atoms with E-state index in [-0.39, 0.29) is 10.3 Å². The summed E-state index contributed by atoms with van der Waals surface area (Å²) < 4.78 is 53.9. The maximum atomic E-state index is 12.0. The predicted molar refractivity (Wildman–Crippen MR) is 86.7 cm³/mol. The van der Waals surface area contributed by atoms with E-state index < -0.39 is 19.9 Å². The highest BCUT2D eigenvalue weighted by Crippen LogP contribution is 2.51. The first-order chi connectivity index (χ1) is 10.7. The van der Waals surface area contributed by atoms with Crippen LogP contribution in [0.1, 0.15) is 19.3 Å². The van der Waals surface area contributed by atoms with Gasteiger partial charge in [0.05, 0.1) is 17.3 Å². The SMILES string of the molecule is CS(=O)(=O)c1ccc(OCCCN2CC3(CC3)CS2(=O)=O)cc1. The molecule has 1 saturated carbocycles. The molecule has 1 aliphatic heterocycles. The second kappa shape index (κ2) is 5.75. The number of hydrogen-bond donors (Lipinski definition) is 0. The fraction of sp³-hybridized carbons (Fsp3) is 0.600. The van der Waals surface area contributed by atoms with Gasteiger partial charge in [-0.3, -0.25) is 0 Å². The first-order valence-corrected chi connectivity index (χ1v) is 11.1. The summed E-state index contributed by atoms with van der Waals surface area (Å²) in [5.74, 6) is 0.883. The Bertz CT molecular complexity index is 780. The molecule has 2 fully saturated rings. The minimum atomic E-state index is -3.20. The van der Waals surface area contributed by atoms with E-state index in [0.29, 0.717) is 37.6 Å². The van der Waals surface area contributed by atoms with Crippen LogP contribution in [0.15, 0.2) is 29.2 Å². The largest absolute Gasteiger partial charge is 0.494 e. The molecular formula is C15H21NO5S2. The fourth-order valence-corrected chi connectivity index (χ4v) is 5.75. The summed E-state index contributed by atoms with van der Waals surface area (Å²) in [6.07, 6.45) is 3.81. The van der Waals surface area contributed by atoms with Crippen molar-refractivity contribution in [3.8, 4) is 5.75 Å². The molecule has 1 aromatic rings. The van der Waals surface area contributed by atoms with Crippen molar-refractivity contribution in [1.29, 1.82) is 0 Å². The molecular weight excluding hydrogens is 338 g/mol. The molecule has 1 spiro atoms. The summed E-state index contributed by atoms with van der Waals surface area (Å²) >= 11 is 0. The molecule has 8 heteroatoms. The molecule has 6 nitrogen and oxygen atoms in total. The molecule has 0 aromatic heterocycles. The van der Waals surface area contributed by atoms with Crippen molar-refractivity contribution in [2.75, 3.05) is 31.7 Å². The summed E-state index contributed by atoms with van der Waals surface area (Å²) in [5.41, 5.74) is 0.0428. The molecule has 1 heterocycles. The standard InChI is InChI=1S/C15H21NO5S2/c1-22(17,18)14-5-3-13(4-6-14)21-10-2-9-16-11-15(7-8-15)12-23(16,19)20/h3-6H,2,7-12H2,1H3. The van der Waals surface area contributed by atoms with Gasteiger partial charge in [0.2, 0.25) is 10.0 Å². The number of ether oxygens (including phenoxy) is 1. The lowest BCUT2D eigenvalue weighted by Crippen LogP contribution is -2.28. The van der Waals surface area contributed by atoms with Crippen LogP contribution in [0.2, 0.25) is 0 Å². The van der Waals surface area contributed by atoms with Gasteiger partial charge in [0.1, 0.15) is 5.75 Å². The van der Waals surface area contributed by atoms with E-state index in [4.69, 9.17) is 4.74 Å². The Kier molecular flexibility index (Phi) is 4.18. The van der Waals surface area contributed by atoms with Gasteiger partial charge in [-0.1, -0.05) is 0 Å². The van der Waals surface area contributed by atoms with Crippen LogP contribution in [0.4, 0.5) is 0 Å². The summed E-state index contributed by atoms with van der Waals surface area (Å²) in [5, 5.41) is 0. The van der Waals surface area contributed by atoms with Gasteiger partial charge < -0.3 is 4.74 Å². The number of sulfonamides is 1. The topological polar surface area (TPSA) is 80.8 Å². The third-order valence-corrected chi connectivity index (χ3v) is 7.63. The van der Waals surface area contributed by atoms with E-state index in [1.54, 1.807) is 16.4 Å². The summed E-state index contributed by atoms with van der Waals surface area (Å²) in [6, 6.07) is 6.24. The van der Waals surface area contributed by atoms with Crippen LogP contribution < -0.4 is 4.74 Å². The van der Waals surface area contributed by atoms with Gasteiger partial charge in [0.25, 0.3) is 0 Å². The van der Waals surface area contributed by atoms with E-state index in [1.165, 1.54) is 12.1 Å². The first-order valence-electron chi connectivity index (χ1n) is 7.61. The van der Waals surface area contributed by atoms with Gasteiger partial charge in [0.15, 0.2) is 9.84 Å². The maximum absolute atomic E-state index is 12.0. The molecule has 0 amide bonds. The predicted octanol–water partition coefficient (Wildman–Crippen LogP) is 1.28. The van der Waals surface area contributed by atoms with Crippen molar-refractivity contribution in [2.45, 2.75) is 24.2 Å². The van der Waals surface area contributed by atoms with Gasteiger partial charge in [-0.15, -0.1) is 0 Å². The van der Waals surface area contributed by atoms with E-state index >= 15 is 0 Å². The Morgan fingerprint density at radius 3 is 2.39 bits per heavy atom. The molecule has 1 aliphatic carbocycles. The van der Waals surface area contributed by atoms with Crippen molar-refractivity contribution < 1.29 is 21.6 Å². The van der Waals surface area contributed by atoms with Crippen LogP contribution in [-0.2, 0) is 19.9 Å². The molecule has 1 saturated heterocycles. The van der Waals surface area contributed by atoms with Crippen LogP contribution in [0.3, 0.4) is 0 Å². The van der Waals surface area contributed by atoms with Crippen LogP contribution in [-0.4, -0.2) is 52.8 Å². The number of hydrogen-bond acceptors (Lipinski definition) is 5. The van der Waals surface area contributed by atoms with Crippen LogP contribution >= 0.6 is 0 Å². The molecule has 0 unspecified atom stereocenters. The monoisotopic (exact) mass is 359 g/mol. The number of benzene rings is 1. The average molecular weight is 359 g/mol. The van der Waals surface area contributed by atoms with Crippen molar-refractivity contribution in [1.82, 2.24) is 4.31 Å². The normalized spacial score (nSPS) is 22.3. The quantitative estimate of drug-likeness (QED) is 0.715. The molecule has 128 valence electrons. The maximum Gasteiger partial charge on any atom is 0.214 e. The Morgan fingerprint density at radius 1 is 1.22 bits per heavy atom. The number of rotatable bonds is 6. The smallest absolute Gasteiger partial charge is 0.214 e. The average Bonchev–Trinajstić information content (AvgIpc) is 3.14. The highest BCUT2D eigenvalue weighted by molar-refractivity contribution is 7.90. The molecule has 0 N–H and O–H groups in total. The Hall–Kier alpha value is -1.12. The second-order valence-electron chi connectivity index (χ2n) is 6.54. The molecule has 23 heavy (non-hydrogen) atoms. The lowest BCUT2D eigenvalue weighted by molar-refractivity contribution is 0.286. The zero-order valence-corrected chi connectivity index (χ0v) is 14.7. The van der Waals surface area contributed by atoms with E-state index in [9.17, 15) is 16.8 Å². The van der Waals surface area contributed by atoms with E-state index in [2.05, 4.69) is 0 Å². The summed E-state index contributed by atoms with van der Waals surface area (Å²) in [6.45, 7) is 1.53. The number of sulfone groups is 1. The van der Waals surface area contributed by atoms with Crippen molar-refractivity contribution in [3.05, 3.63) is 24.3 Å². The lowest BCUT2D eigenvalue weighted by Gasteiger charge is -2.14. The van der Waals surface area contributed by atoms with Crippen molar-refractivity contribution in [2.24, 2.45) is 5.41 Å².